The summed E-state index contributed by atoms with van der Waals surface area (Å²) >= 11 is 0. The van der Waals surface area contributed by atoms with Crippen molar-refractivity contribution in [3.63, 3.8) is 0 Å². The first kappa shape index (κ1) is 24.4. The minimum atomic E-state index is 0.219. The van der Waals surface area contributed by atoms with E-state index in [9.17, 15) is 4.79 Å². The summed E-state index contributed by atoms with van der Waals surface area (Å²) in [6.07, 6.45) is 31.3. The van der Waals surface area contributed by atoms with Crippen LogP contribution in [0.25, 0.3) is 0 Å². The number of carbonyl (C=O) groups is 1. The molecule has 0 atom stereocenters. The number of Topliss-reactive ketones (excluding diaryl/α,β-unsaturated/α-hetero) is 1. The third-order valence-corrected chi connectivity index (χ3v) is 2.87. The Balaban J connectivity index is 0. The van der Waals surface area contributed by atoms with Gasteiger partial charge in [-0.05, 0) is 52.9 Å². The molecule has 0 N–H and O–H groups in total. The highest BCUT2D eigenvalue weighted by molar-refractivity contribution is 5.76. The smallest absolute Gasteiger partial charge is 0.133 e. The van der Waals surface area contributed by atoms with E-state index >= 15 is 0 Å². The SMILES string of the molecule is C/C=C\C/C=C\C/C=C\C/C=C\CC.C/C=C\C/C=C\CC(C)=O. The summed E-state index contributed by atoms with van der Waals surface area (Å²) in [7, 11) is 0. The van der Waals surface area contributed by atoms with Gasteiger partial charge in [-0.1, -0.05) is 79.8 Å². The molecule has 1 nitrogen and oxygen atoms in total. The van der Waals surface area contributed by atoms with Gasteiger partial charge in [0.15, 0.2) is 0 Å². The van der Waals surface area contributed by atoms with Crippen molar-refractivity contribution in [1.82, 2.24) is 0 Å². The monoisotopic (exact) mass is 328 g/mol. The summed E-state index contributed by atoms with van der Waals surface area (Å²) in [6, 6.07) is 0. The van der Waals surface area contributed by atoms with E-state index in [-0.39, 0.29) is 5.78 Å². The van der Waals surface area contributed by atoms with Crippen LogP contribution in [0, 0.1) is 0 Å². The maximum Gasteiger partial charge on any atom is 0.133 e. The molecule has 0 saturated carbocycles. The topological polar surface area (TPSA) is 17.1 Å². The first-order chi connectivity index (χ1) is 11.7. The Hall–Kier alpha value is -1.89. The molecule has 0 bridgehead atoms. The van der Waals surface area contributed by atoms with Gasteiger partial charge in [0.25, 0.3) is 0 Å². The Morgan fingerprint density at radius 2 is 1.00 bits per heavy atom. The number of carbonyl (C=O) groups excluding carboxylic acids is 1. The number of hydrogen-bond acceptors (Lipinski definition) is 1. The van der Waals surface area contributed by atoms with Gasteiger partial charge < -0.3 is 0 Å². The quantitative estimate of drug-likeness (QED) is 0.364. The van der Waals surface area contributed by atoms with E-state index in [1.165, 1.54) is 0 Å². The van der Waals surface area contributed by atoms with Crippen LogP contribution in [0.5, 0.6) is 0 Å². The highest BCUT2D eigenvalue weighted by Gasteiger charge is 1.83. The summed E-state index contributed by atoms with van der Waals surface area (Å²) in [5, 5.41) is 0. The van der Waals surface area contributed by atoms with Crippen LogP contribution in [0.2, 0.25) is 0 Å². The van der Waals surface area contributed by atoms with Crippen molar-refractivity contribution in [1.29, 1.82) is 0 Å². The molecule has 0 aromatic heterocycles. The summed E-state index contributed by atoms with van der Waals surface area (Å²) < 4.78 is 0. The average Bonchev–Trinajstić information content (AvgIpc) is 2.57. The molecular weight excluding hydrogens is 292 g/mol. The van der Waals surface area contributed by atoms with E-state index in [0.717, 1.165) is 32.1 Å². The normalized spacial score (nSPS) is 12.3. The lowest BCUT2D eigenvalue weighted by atomic mass is 10.2. The third-order valence-electron chi connectivity index (χ3n) is 2.87. The molecule has 0 rings (SSSR count). The predicted molar refractivity (Wildman–Crippen MR) is 110 cm³/mol. The van der Waals surface area contributed by atoms with Crippen molar-refractivity contribution >= 4 is 5.78 Å². The molecular formula is C23H36O. The third kappa shape index (κ3) is 28.3. The highest BCUT2D eigenvalue weighted by Crippen LogP contribution is 1.94. The molecule has 0 aliphatic heterocycles. The second-order valence-corrected chi connectivity index (χ2v) is 5.28. The van der Waals surface area contributed by atoms with Gasteiger partial charge in [0.1, 0.15) is 5.78 Å². The van der Waals surface area contributed by atoms with Crippen LogP contribution in [0.1, 0.15) is 66.2 Å². The first-order valence-corrected chi connectivity index (χ1v) is 9.00. The molecule has 0 aromatic rings. The molecule has 134 valence electrons. The van der Waals surface area contributed by atoms with Crippen LogP contribution < -0.4 is 0 Å². The van der Waals surface area contributed by atoms with Gasteiger partial charge in [0.05, 0.1) is 0 Å². The molecule has 0 radical (unpaired) electrons. The zero-order chi connectivity index (χ0) is 18.3. The van der Waals surface area contributed by atoms with Crippen LogP contribution in [0.4, 0.5) is 0 Å². The minimum Gasteiger partial charge on any atom is -0.300 e. The molecule has 1 heteroatoms. The van der Waals surface area contributed by atoms with Crippen LogP contribution >= 0.6 is 0 Å². The number of hydrogen-bond donors (Lipinski definition) is 0. The van der Waals surface area contributed by atoms with E-state index in [1.807, 2.05) is 32.1 Å². The van der Waals surface area contributed by atoms with Gasteiger partial charge in [-0.2, -0.15) is 0 Å². The molecule has 0 heterocycles. The van der Waals surface area contributed by atoms with E-state index in [4.69, 9.17) is 0 Å². The summed E-state index contributed by atoms with van der Waals surface area (Å²) in [4.78, 5) is 10.4. The van der Waals surface area contributed by atoms with Crippen molar-refractivity contribution in [2.45, 2.75) is 66.2 Å². The molecule has 0 amide bonds. The molecule has 0 aliphatic rings. The van der Waals surface area contributed by atoms with Gasteiger partial charge in [0.2, 0.25) is 0 Å². The molecule has 0 saturated heterocycles. The van der Waals surface area contributed by atoms with Gasteiger partial charge in [-0.15, -0.1) is 0 Å². The van der Waals surface area contributed by atoms with Crippen LogP contribution in [-0.2, 0) is 4.79 Å². The minimum absolute atomic E-state index is 0.219. The molecule has 0 aromatic carbocycles. The zero-order valence-electron chi connectivity index (χ0n) is 16.1. The van der Waals surface area contributed by atoms with Crippen molar-refractivity contribution in [2.75, 3.05) is 0 Å². The van der Waals surface area contributed by atoms with E-state index in [0.29, 0.717) is 6.42 Å². The standard InChI is InChI=1S/C14H22.C9H14O/c1-3-5-7-9-11-13-14-12-10-8-6-4-2;1-3-4-5-6-7-8-9(2)10/h3,5-6,8-9,11-12,14H,4,7,10,13H2,1-2H3;3-4,6-7H,5,8H2,1-2H3/b5-3-,8-6-,11-9-,14-12-;4-3-,7-6-. The van der Waals surface area contributed by atoms with Crippen molar-refractivity contribution in [3.8, 4) is 0 Å². The molecule has 0 spiro atoms. The average molecular weight is 329 g/mol. The largest absolute Gasteiger partial charge is 0.300 e. The van der Waals surface area contributed by atoms with Crippen LogP contribution in [-0.4, -0.2) is 5.78 Å². The van der Waals surface area contributed by atoms with Gasteiger partial charge in [0, 0.05) is 6.42 Å². The second-order valence-electron chi connectivity index (χ2n) is 5.28. The summed E-state index contributed by atoms with van der Waals surface area (Å²) in [6.45, 7) is 7.79. The molecule has 0 aliphatic carbocycles. The number of rotatable bonds is 11. The van der Waals surface area contributed by atoms with E-state index in [2.05, 4.69) is 61.6 Å². The number of ketones is 1. The predicted octanol–water partition coefficient (Wildman–Crippen LogP) is 7.30. The molecule has 24 heavy (non-hydrogen) atoms. The Morgan fingerprint density at radius 1 is 0.625 bits per heavy atom. The van der Waals surface area contributed by atoms with Crippen LogP contribution in [0.15, 0.2) is 72.9 Å². The zero-order valence-corrected chi connectivity index (χ0v) is 16.1. The number of allylic oxidation sites excluding steroid dienone is 12. The Labute approximate surface area is 150 Å². The maximum absolute atomic E-state index is 10.4. The first-order valence-electron chi connectivity index (χ1n) is 9.00. The van der Waals surface area contributed by atoms with Crippen molar-refractivity contribution in [2.24, 2.45) is 0 Å². The Kier molecular flexibility index (Phi) is 23.7. The van der Waals surface area contributed by atoms with Crippen LogP contribution in [0.3, 0.4) is 0 Å². The fourth-order valence-electron chi connectivity index (χ4n) is 1.58. The fourth-order valence-corrected chi connectivity index (χ4v) is 1.58. The summed E-state index contributed by atoms with van der Waals surface area (Å²) in [5.74, 6) is 0.219. The van der Waals surface area contributed by atoms with Crippen molar-refractivity contribution in [3.05, 3.63) is 72.9 Å². The Bertz CT molecular complexity index is 431. The lowest BCUT2D eigenvalue weighted by molar-refractivity contribution is -0.116. The fraction of sp³-hybridized carbons (Fsp3) is 0.435. The summed E-state index contributed by atoms with van der Waals surface area (Å²) in [5.41, 5.74) is 0. The second kappa shape index (κ2) is 23.4. The maximum atomic E-state index is 10.4. The van der Waals surface area contributed by atoms with Gasteiger partial charge in [-0.3, -0.25) is 4.79 Å². The lowest BCUT2D eigenvalue weighted by Crippen LogP contribution is -1.83. The van der Waals surface area contributed by atoms with E-state index < -0.39 is 0 Å². The molecule has 0 unspecified atom stereocenters. The highest BCUT2D eigenvalue weighted by atomic mass is 16.1. The Morgan fingerprint density at radius 3 is 1.38 bits per heavy atom. The van der Waals surface area contributed by atoms with Gasteiger partial charge >= 0.3 is 0 Å². The van der Waals surface area contributed by atoms with E-state index in [1.54, 1.807) is 6.92 Å². The van der Waals surface area contributed by atoms with Crippen molar-refractivity contribution < 1.29 is 4.79 Å². The lowest BCUT2D eigenvalue weighted by Gasteiger charge is -1.83. The van der Waals surface area contributed by atoms with Gasteiger partial charge in [-0.25, -0.2) is 0 Å². The molecule has 0 fully saturated rings.